The molecule has 8 heteroatoms. The highest BCUT2D eigenvalue weighted by molar-refractivity contribution is 14.1. The van der Waals surface area contributed by atoms with Crippen molar-refractivity contribution in [3.8, 4) is 0 Å². The average Bonchev–Trinajstić information content (AvgIpc) is 2.18. The zero-order valence-electron chi connectivity index (χ0n) is 6.88. The van der Waals surface area contributed by atoms with Gasteiger partial charge in [0.25, 0.3) is 0 Å². The lowest BCUT2D eigenvalue weighted by atomic mass is 9.81. The summed E-state index contributed by atoms with van der Waals surface area (Å²) in [5, 5.41) is 17.5. The Hall–Kier alpha value is -0.155. The van der Waals surface area contributed by atoms with Gasteiger partial charge in [-0.2, -0.15) is 2.94 Å². The van der Waals surface area contributed by atoms with Crippen molar-refractivity contribution in [2.45, 2.75) is 4.90 Å². The van der Waals surface area contributed by atoms with Gasteiger partial charge in [0.2, 0.25) is 10.0 Å². The highest BCUT2D eigenvalue weighted by Crippen LogP contribution is 2.07. The van der Waals surface area contributed by atoms with E-state index >= 15 is 0 Å². The molecular weight excluding hydrogens is 320 g/mol. The summed E-state index contributed by atoms with van der Waals surface area (Å²) in [6, 6.07) is 5.28. The number of nitrogens with one attached hydrogen (secondary N) is 1. The molecule has 0 atom stereocenters. The second kappa shape index (κ2) is 4.58. The van der Waals surface area contributed by atoms with Crippen molar-refractivity contribution in [3.05, 3.63) is 24.3 Å². The maximum atomic E-state index is 11.2. The van der Waals surface area contributed by atoms with Crippen LogP contribution in [-0.4, -0.2) is 25.6 Å². The molecule has 0 fully saturated rings. The first-order chi connectivity index (χ1) is 6.47. The van der Waals surface area contributed by atoms with Crippen molar-refractivity contribution in [3.63, 3.8) is 0 Å². The smallest absolute Gasteiger partial charge is 0.423 e. The van der Waals surface area contributed by atoms with Gasteiger partial charge in [0.05, 0.1) is 4.90 Å². The van der Waals surface area contributed by atoms with Crippen LogP contribution in [-0.2, 0) is 10.0 Å². The van der Waals surface area contributed by atoms with Gasteiger partial charge in [-0.05, 0) is 17.6 Å². The molecule has 0 saturated heterocycles. The van der Waals surface area contributed by atoms with Crippen LogP contribution in [0.5, 0.6) is 0 Å². The van der Waals surface area contributed by atoms with E-state index in [2.05, 4.69) is 2.94 Å². The number of benzene rings is 1. The van der Waals surface area contributed by atoms with Gasteiger partial charge in [-0.1, -0.05) is 12.1 Å². The maximum absolute atomic E-state index is 11.2. The van der Waals surface area contributed by atoms with E-state index in [1.165, 1.54) is 47.1 Å². The Bertz CT molecular complexity index is 404. The minimum absolute atomic E-state index is 0.0799. The number of hydrogen-bond donors (Lipinski definition) is 3. The highest BCUT2D eigenvalue weighted by atomic mass is 127. The first kappa shape index (κ1) is 11.9. The number of sulfonamides is 1. The molecule has 0 heterocycles. The predicted octanol–water partition coefficient (Wildman–Crippen LogP) is -1.01. The van der Waals surface area contributed by atoms with Gasteiger partial charge in [0, 0.05) is 22.9 Å². The van der Waals surface area contributed by atoms with Gasteiger partial charge >= 0.3 is 7.12 Å². The fourth-order valence-corrected chi connectivity index (χ4v) is 2.21. The van der Waals surface area contributed by atoms with E-state index in [4.69, 9.17) is 10.0 Å². The molecule has 0 aliphatic heterocycles. The topological polar surface area (TPSA) is 86.6 Å². The maximum Gasteiger partial charge on any atom is 0.488 e. The lowest BCUT2D eigenvalue weighted by Gasteiger charge is -2.02. The van der Waals surface area contributed by atoms with Gasteiger partial charge < -0.3 is 10.0 Å². The predicted molar refractivity (Wildman–Crippen MR) is 60.6 cm³/mol. The van der Waals surface area contributed by atoms with Crippen LogP contribution < -0.4 is 8.40 Å². The van der Waals surface area contributed by atoms with Crippen LogP contribution in [0.15, 0.2) is 29.2 Å². The van der Waals surface area contributed by atoms with Gasteiger partial charge in [-0.15, -0.1) is 0 Å². The molecule has 0 unspecified atom stereocenters. The van der Waals surface area contributed by atoms with Crippen LogP contribution in [0.4, 0.5) is 0 Å². The molecule has 0 aromatic heterocycles. The van der Waals surface area contributed by atoms with Crippen LogP contribution in [0.2, 0.25) is 0 Å². The average molecular weight is 327 g/mol. The molecule has 0 radical (unpaired) electrons. The van der Waals surface area contributed by atoms with E-state index in [0.717, 1.165) is 0 Å². The highest BCUT2D eigenvalue weighted by Gasteiger charge is 2.14. The summed E-state index contributed by atoms with van der Waals surface area (Å²) in [6.45, 7) is 0. The molecular formula is C6H7BINO4S. The Balaban J connectivity index is 3.06. The first-order valence-electron chi connectivity index (χ1n) is 3.56. The van der Waals surface area contributed by atoms with Gasteiger partial charge in [-0.3, -0.25) is 0 Å². The van der Waals surface area contributed by atoms with Crippen molar-refractivity contribution < 1.29 is 18.5 Å². The molecule has 1 aromatic carbocycles. The van der Waals surface area contributed by atoms with E-state index < -0.39 is 17.1 Å². The largest absolute Gasteiger partial charge is 0.488 e. The normalized spacial score (nSPS) is 11.4. The number of rotatable bonds is 3. The second-order valence-corrected chi connectivity index (χ2v) is 5.48. The summed E-state index contributed by atoms with van der Waals surface area (Å²) in [4.78, 5) is 0.0799. The van der Waals surface area contributed by atoms with Crippen molar-refractivity contribution in [2.24, 2.45) is 0 Å². The standard InChI is InChI=1S/C6H7BINO4S/c8-9-14(12,13)6-3-1-5(2-4-6)7(10)11/h1-4,9-11H. The third-order valence-electron chi connectivity index (χ3n) is 1.59. The quantitative estimate of drug-likeness (QED) is 0.377. The Kier molecular flexibility index (Phi) is 3.90. The first-order valence-corrected chi connectivity index (χ1v) is 6.12. The molecule has 1 aromatic rings. The van der Waals surface area contributed by atoms with Gasteiger partial charge in [0.1, 0.15) is 0 Å². The molecule has 3 N–H and O–H groups in total. The molecule has 0 aliphatic carbocycles. The van der Waals surface area contributed by atoms with Gasteiger partial charge in [-0.25, -0.2) is 8.42 Å². The molecule has 1 rings (SSSR count). The number of hydrogen-bond acceptors (Lipinski definition) is 4. The summed E-state index contributed by atoms with van der Waals surface area (Å²) >= 11 is 1.52. The summed E-state index contributed by atoms with van der Waals surface area (Å²) < 4.78 is 24.6. The van der Waals surface area contributed by atoms with E-state index in [9.17, 15) is 8.42 Å². The monoisotopic (exact) mass is 327 g/mol. The van der Waals surface area contributed by atoms with Crippen LogP contribution in [0, 0.1) is 0 Å². The molecule has 76 valence electrons. The molecule has 0 bridgehead atoms. The lowest BCUT2D eigenvalue weighted by Crippen LogP contribution is -2.29. The Morgan fingerprint density at radius 2 is 1.71 bits per heavy atom. The van der Waals surface area contributed by atoms with E-state index in [-0.39, 0.29) is 10.4 Å². The lowest BCUT2D eigenvalue weighted by molar-refractivity contribution is 0.425. The fourth-order valence-electron chi connectivity index (χ4n) is 0.864. The minimum atomic E-state index is -3.47. The summed E-state index contributed by atoms with van der Waals surface area (Å²) in [7, 11) is -5.05. The Morgan fingerprint density at radius 3 is 2.07 bits per heavy atom. The van der Waals surface area contributed by atoms with Gasteiger partial charge in [0.15, 0.2) is 0 Å². The third kappa shape index (κ3) is 2.67. The van der Waals surface area contributed by atoms with Crippen LogP contribution in [0.25, 0.3) is 0 Å². The second-order valence-electron chi connectivity index (χ2n) is 2.52. The Morgan fingerprint density at radius 1 is 1.21 bits per heavy atom. The van der Waals surface area contributed by atoms with Crippen LogP contribution in [0.1, 0.15) is 0 Å². The summed E-state index contributed by atoms with van der Waals surface area (Å²) in [6.07, 6.45) is 0. The van der Waals surface area contributed by atoms with Crippen LogP contribution in [0.3, 0.4) is 0 Å². The molecule has 14 heavy (non-hydrogen) atoms. The van der Waals surface area contributed by atoms with E-state index in [1.54, 1.807) is 0 Å². The van der Waals surface area contributed by atoms with Crippen LogP contribution >= 0.6 is 22.9 Å². The third-order valence-corrected chi connectivity index (χ3v) is 4.43. The summed E-state index contributed by atoms with van der Waals surface area (Å²) in [5.41, 5.74) is 0.248. The minimum Gasteiger partial charge on any atom is -0.423 e. The zero-order chi connectivity index (χ0) is 10.8. The summed E-state index contributed by atoms with van der Waals surface area (Å²) in [5.74, 6) is 0. The van der Waals surface area contributed by atoms with E-state index in [1.807, 2.05) is 0 Å². The van der Waals surface area contributed by atoms with Crippen molar-refractivity contribution >= 4 is 45.5 Å². The Labute approximate surface area is 95.8 Å². The molecule has 0 amide bonds. The fraction of sp³-hybridized carbons (Fsp3) is 0. The zero-order valence-corrected chi connectivity index (χ0v) is 9.86. The molecule has 0 saturated carbocycles. The van der Waals surface area contributed by atoms with Crippen molar-refractivity contribution in [2.75, 3.05) is 0 Å². The molecule has 0 aliphatic rings. The molecule has 5 nitrogen and oxygen atoms in total. The number of halogens is 1. The SMILES string of the molecule is O=S(=O)(NI)c1ccc(B(O)O)cc1. The van der Waals surface area contributed by atoms with E-state index in [0.29, 0.717) is 0 Å². The van der Waals surface area contributed by atoms with Crippen molar-refractivity contribution in [1.82, 2.24) is 2.94 Å². The molecule has 0 spiro atoms. The van der Waals surface area contributed by atoms with Crippen molar-refractivity contribution in [1.29, 1.82) is 0 Å².